The fourth-order valence-electron chi connectivity index (χ4n) is 2.50. The molecule has 0 aliphatic heterocycles. The van der Waals surface area contributed by atoms with E-state index in [1.165, 1.54) is 29.1 Å². The Balaban J connectivity index is 2.07. The molecule has 1 aromatic rings. The monoisotopic (exact) mass is 296 g/mol. The Kier molecular flexibility index (Phi) is 4.75. The largest absolute Gasteiger partial charge is 0.481 e. The number of carbonyl (C=O) groups excluding carboxylic acids is 1. The van der Waals surface area contributed by atoms with Crippen LogP contribution in [0, 0.1) is 6.92 Å². The number of hydrogen-bond donors (Lipinski definition) is 1. The minimum Gasteiger partial charge on any atom is -0.481 e. The van der Waals surface area contributed by atoms with Crippen LogP contribution >= 0.6 is 11.3 Å². The van der Waals surface area contributed by atoms with Gasteiger partial charge in [0.2, 0.25) is 0 Å². The van der Waals surface area contributed by atoms with Crippen molar-refractivity contribution in [2.75, 3.05) is 13.6 Å². The average Bonchev–Trinajstić information content (AvgIpc) is 3.03. The summed E-state index contributed by atoms with van der Waals surface area (Å²) in [4.78, 5) is 29.5. The Morgan fingerprint density at radius 1 is 1.40 bits per heavy atom. The summed E-state index contributed by atoms with van der Waals surface area (Å²) in [6.07, 6.45) is 4.77. The molecular formula is C14H20N2O3S. The van der Waals surface area contributed by atoms with Gasteiger partial charge in [-0.25, -0.2) is 4.98 Å². The number of carbonyl (C=O) groups is 2. The molecule has 1 aliphatic rings. The van der Waals surface area contributed by atoms with E-state index in [1.807, 2.05) is 6.92 Å². The van der Waals surface area contributed by atoms with Crippen LogP contribution in [0.2, 0.25) is 0 Å². The second kappa shape index (κ2) is 6.35. The van der Waals surface area contributed by atoms with Crippen LogP contribution in [0.5, 0.6) is 0 Å². The minimum absolute atomic E-state index is 0.0322. The third kappa shape index (κ3) is 3.36. The molecule has 0 bridgehead atoms. The van der Waals surface area contributed by atoms with E-state index < -0.39 is 5.97 Å². The molecule has 1 amide bonds. The summed E-state index contributed by atoms with van der Waals surface area (Å²) in [5.74, 6) is -0.507. The molecule has 0 aromatic carbocycles. The van der Waals surface area contributed by atoms with E-state index in [-0.39, 0.29) is 18.9 Å². The fraction of sp³-hybridized carbons (Fsp3) is 0.643. The molecule has 110 valence electrons. The van der Waals surface area contributed by atoms with Crippen LogP contribution in [0.25, 0.3) is 0 Å². The van der Waals surface area contributed by atoms with Gasteiger partial charge in [-0.05, 0) is 19.8 Å². The molecule has 1 N–H and O–H groups in total. The molecule has 6 heteroatoms. The Morgan fingerprint density at radius 2 is 2.05 bits per heavy atom. The third-order valence-electron chi connectivity index (χ3n) is 3.72. The number of aliphatic carboxylic acids is 1. The van der Waals surface area contributed by atoms with Gasteiger partial charge in [0, 0.05) is 19.5 Å². The molecule has 1 fully saturated rings. The standard InChI is InChI=1S/C14H20N2O3S/c1-9-12(14(19)16(2)8-7-11(17)18)20-13(15-9)10-5-3-4-6-10/h10H,3-8H2,1-2H3,(H,17,18). The normalized spacial score (nSPS) is 15.5. The Labute approximate surface area is 122 Å². The molecular weight excluding hydrogens is 276 g/mol. The molecule has 0 radical (unpaired) electrons. The molecule has 1 heterocycles. The van der Waals surface area contributed by atoms with Gasteiger partial charge in [0.25, 0.3) is 5.91 Å². The Morgan fingerprint density at radius 3 is 2.65 bits per heavy atom. The maximum atomic E-state index is 12.3. The van der Waals surface area contributed by atoms with Crippen molar-refractivity contribution in [3.05, 3.63) is 15.6 Å². The van der Waals surface area contributed by atoms with Gasteiger partial charge in [0.15, 0.2) is 0 Å². The zero-order valence-electron chi connectivity index (χ0n) is 11.9. The zero-order chi connectivity index (χ0) is 14.7. The highest BCUT2D eigenvalue weighted by molar-refractivity contribution is 7.13. The molecule has 20 heavy (non-hydrogen) atoms. The molecule has 0 saturated heterocycles. The van der Waals surface area contributed by atoms with Gasteiger partial charge in [0.05, 0.1) is 17.1 Å². The van der Waals surface area contributed by atoms with Gasteiger partial charge in [-0.15, -0.1) is 11.3 Å². The van der Waals surface area contributed by atoms with Crippen LogP contribution in [0.3, 0.4) is 0 Å². The fourth-order valence-corrected chi connectivity index (χ4v) is 3.73. The van der Waals surface area contributed by atoms with E-state index in [2.05, 4.69) is 4.98 Å². The molecule has 0 unspecified atom stereocenters. The van der Waals surface area contributed by atoms with E-state index in [4.69, 9.17) is 5.11 Å². The number of thiazole rings is 1. The van der Waals surface area contributed by atoms with E-state index in [1.54, 1.807) is 7.05 Å². The number of hydrogen-bond acceptors (Lipinski definition) is 4. The first-order valence-electron chi connectivity index (χ1n) is 6.93. The highest BCUT2D eigenvalue weighted by atomic mass is 32.1. The summed E-state index contributed by atoms with van der Waals surface area (Å²) in [7, 11) is 1.64. The summed E-state index contributed by atoms with van der Waals surface area (Å²) in [5.41, 5.74) is 0.768. The molecule has 2 rings (SSSR count). The number of aryl methyl sites for hydroxylation is 1. The van der Waals surface area contributed by atoms with Crippen molar-refractivity contribution in [2.45, 2.75) is 44.9 Å². The predicted octanol–water partition coefficient (Wildman–Crippen LogP) is 2.66. The summed E-state index contributed by atoms with van der Waals surface area (Å²) >= 11 is 1.48. The summed E-state index contributed by atoms with van der Waals surface area (Å²) in [5, 5.41) is 9.73. The number of amides is 1. The molecule has 0 atom stereocenters. The van der Waals surface area contributed by atoms with Gasteiger partial charge >= 0.3 is 5.97 Å². The van der Waals surface area contributed by atoms with E-state index >= 15 is 0 Å². The number of carboxylic acid groups (broad SMARTS) is 1. The lowest BCUT2D eigenvalue weighted by molar-refractivity contribution is -0.137. The minimum atomic E-state index is -0.891. The SMILES string of the molecule is Cc1nc(C2CCCC2)sc1C(=O)N(C)CCC(=O)O. The van der Waals surface area contributed by atoms with Crippen LogP contribution in [0.1, 0.15) is 58.4 Å². The van der Waals surface area contributed by atoms with Crippen molar-refractivity contribution >= 4 is 23.2 Å². The highest BCUT2D eigenvalue weighted by Gasteiger charge is 2.25. The van der Waals surface area contributed by atoms with Crippen LogP contribution in [0.15, 0.2) is 0 Å². The van der Waals surface area contributed by atoms with E-state index in [9.17, 15) is 9.59 Å². The molecule has 0 spiro atoms. The summed E-state index contributed by atoms with van der Waals surface area (Å²) in [6, 6.07) is 0. The molecule has 1 aromatic heterocycles. The maximum absolute atomic E-state index is 12.3. The third-order valence-corrected chi connectivity index (χ3v) is 5.03. The predicted molar refractivity (Wildman–Crippen MR) is 77.3 cm³/mol. The first-order chi connectivity index (χ1) is 9.49. The number of carboxylic acids is 1. The average molecular weight is 296 g/mol. The Bertz CT molecular complexity index is 507. The molecule has 5 nitrogen and oxygen atoms in total. The van der Waals surface area contributed by atoms with Gasteiger partial charge in [-0.2, -0.15) is 0 Å². The lowest BCUT2D eigenvalue weighted by Crippen LogP contribution is -2.28. The molecule has 1 saturated carbocycles. The van der Waals surface area contributed by atoms with Crippen LogP contribution in [-0.2, 0) is 4.79 Å². The summed E-state index contributed by atoms with van der Waals surface area (Å²) in [6.45, 7) is 2.08. The van der Waals surface area contributed by atoms with Crippen molar-refractivity contribution in [3.63, 3.8) is 0 Å². The topological polar surface area (TPSA) is 70.5 Å². The quantitative estimate of drug-likeness (QED) is 0.907. The second-order valence-electron chi connectivity index (χ2n) is 5.32. The van der Waals surface area contributed by atoms with Crippen molar-refractivity contribution in [3.8, 4) is 0 Å². The lowest BCUT2D eigenvalue weighted by Gasteiger charge is -2.14. The smallest absolute Gasteiger partial charge is 0.305 e. The molecule has 1 aliphatic carbocycles. The lowest BCUT2D eigenvalue weighted by atomic mass is 10.1. The van der Waals surface area contributed by atoms with Gasteiger partial charge in [-0.3, -0.25) is 9.59 Å². The van der Waals surface area contributed by atoms with Crippen molar-refractivity contribution in [1.82, 2.24) is 9.88 Å². The van der Waals surface area contributed by atoms with Crippen LogP contribution in [0.4, 0.5) is 0 Å². The van der Waals surface area contributed by atoms with Gasteiger partial charge in [0.1, 0.15) is 4.88 Å². The van der Waals surface area contributed by atoms with Gasteiger partial charge in [-0.1, -0.05) is 12.8 Å². The van der Waals surface area contributed by atoms with Crippen LogP contribution < -0.4 is 0 Å². The summed E-state index contributed by atoms with van der Waals surface area (Å²) < 4.78 is 0. The first-order valence-corrected chi connectivity index (χ1v) is 7.75. The van der Waals surface area contributed by atoms with Crippen molar-refractivity contribution in [2.24, 2.45) is 0 Å². The van der Waals surface area contributed by atoms with E-state index in [0.29, 0.717) is 10.8 Å². The first kappa shape index (κ1) is 15.0. The zero-order valence-corrected chi connectivity index (χ0v) is 12.7. The number of nitrogens with zero attached hydrogens (tertiary/aromatic N) is 2. The maximum Gasteiger partial charge on any atom is 0.305 e. The number of rotatable bonds is 5. The Hall–Kier alpha value is -1.43. The highest BCUT2D eigenvalue weighted by Crippen LogP contribution is 2.37. The van der Waals surface area contributed by atoms with Gasteiger partial charge < -0.3 is 10.0 Å². The second-order valence-corrected chi connectivity index (χ2v) is 6.35. The number of aromatic nitrogens is 1. The van der Waals surface area contributed by atoms with Crippen molar-refractivity contribution < 1.29 is 14.7 Å². The van der Waals surface area contributed by atoms with Crippen LogP contribution in [-0.4, -0.2) is 40.5 Å². The van der Waals surface area contributed by atoms with E-state index in [0.717, 1.165) is 23.5 Å². The van der Waals surface area contributed by atoms with Crippen molar-refractivity contribution in [1.29, 1.82) is 0 Å².